The van der Waals surface area contributed by atoms with Crippen LogP contribution in [-0.4, -0.2) is 24.6 Å². The highest BCUT2D eigenvalue weighted by atomic mass is 16.7. The van der Waals surface area contributed by atoms with E-state index in [9.17, 15) is 0 Å². The fraction of sp³-hybridized carbons (Fsp3) is 0.889. The Morgan fingerprint density at radius 3 is 2.19 bits per heavy atom. The molecule has 0 bridgehead atoms. The van der Waals surface area contributed by atoms with Crippen LogP contribution in [0.5, 0.6) is 0 Å². The van der Waals surface area contributed by atoms with Gasteiger partial charge in [0.05, 0.1) is 12.4 Å². The summed E-state index contributed by atoms with van der Waals surface area (Å²) >= 11 is 0. The Morgan fingerprint density at radius 2 is 1.57 bits per heavy atom. The van der Waals surface area contributed by atoms with Gasteiger partial charge in [-0.15, -0.1) is 0 Å². The fourth-order valence-electron chi connectivity index (χ4n) is 3.60. The van der Waals surface area contributed by atoms with Crippen LogP contribution in [0.2, 0.25) is 0 Å². The molecule has 0 N–H and O–H groups in total. The van der Waals surface area contributed by atoms with E-state index in [2.05, 4.69) is 47.6 Å². The maximum absolute atomic E-state index is 6.41. The summed E-state index contributed by atoms with van der Waals surface area (Å²) in [6.07, 6.45) is 6.34. The number of hydrogen-bond acceptors (Lipinski definition) is 3. The van der Waals surface area contributed by atoms with E-state index >= 15 is 0 Å². The van der Waals surface area contributed by atoms with Gasteiger partial charge in [0.1, 0.15) is 12.2 Å². The van der Waals surface area contributed by atoms with Crippen molar-refractivity contribution in [1.29, 1.82) is 0 Å². The van der Waals surface area contributed by atoms with Crippen molar-refractivity contribution >= 4 is 0 Å². The maximum Gasteiger partial charge on any atom is 0.161 e. The average Bonchev–Trinajstić information content (AvgIpc) is 2.49. The molecule has 0 radical (unpaired) electrons. The first kappa shape index (κ1) is 16.8. The van der Waals surface area contributed by atoms with Crippen LogP contribution in [0.4, 0.5) is 0 Å². The van der Waals surface area contributed by atoms with Gasteiger partial charge in [-0.25, -0.2) is 0 Å². The Kier molecular flexibility index (Phi) is 5.73. The Bertz CT molecular complexity index is 352. The number of ether oxygens (including phenoxy) is 3. The number of hydrogen-bond donors (Lipinski definition) is 0. The molecule has 2 heterocycles. The molecule has 3 heteroatoms. The summed E-state index contributed by atoms with van der Waals surface area (Å²) in [5.41, 5.74) is 0. The van der Waals surface area contributed by atoms with E-state index in [1.807, 2.05) is 6.26 Å². The molecule has 1 fully saturated rings. The molecule has 0 aromatic rings. The van der Waals surface area contributed by atoms with Gasteiger partial charge in [-0.3, -0.25) is 0 Å². The fourth-order valence-corrected chi connectivity index (χ4v) is 3.60. The molecular formula is C18H32O3. The lowest BCUT2D eigenvalue weighted by Gasteiger charge is -2.45. The van der Waals surface area contributed by atoms with Crippen LogP contribution in [0.1, 0.15) is 54.4 Å². The first-order chi connectivity index (χ1) is 9.99. The van der Waals surface area contributed by atoms with Crippen molar-refractivity contribution in [2.45, 2.75) is 79.0 Å². The van der Waals surface area contributed by atoms with Crippen molar-refractivity contribution in [1.82, 2.24) is 0 Å². The van der Waals surface area contributed by atoms with Crippen LogP contribution in [0.25, 0.3) is 0 Å². The molecule has 2 aliphatic rings. The Hall–Kier alpha value is -0.540. The van der Waals surface area contributed by atoms with Crippen molar-refractivity contribution < 1.29 is 14.2 Å². The van der Waals surface area contributed by atoms with Gasteiger partial charge in [0.25, 0.3) is 0 Å². The van der Waals surface area contributed by atoms with Gasteiger partial charge in [0.15, 0.2) is 6.29 Å². The average molecular weight is 296 g/mol. The van der Waals surface area contributed by atoms with Crippen LogP contribution >= 0.6 is 0 Å². The third-order valence-electron chi connectivity index (χ3n) is 5.60. The van der Waals surface area contributed by atoms with Gasteiger partial charge in [-0.05, 0) is 30.8 Å². The van der Waals surface area contributed by atoms with Gasteiger partial charge in [-0.2, -0.15) is 0 Å². The molecule has 0 aromatic carbocycles. The van der Waals surface area contributed by atoms with E-state index in [4.69, 9.17) is 14.2 Å². The summed E-state index contributed by atoms with van der Waals surface area (Å²) in [4.78, 5) is 0. The van der Waals surface area contributed by atoms with Gasteiger partial charge >= 0.3 is 0 Å². The third kappa shape index (κ3) is 3.45. The normalized spacial score (nSPS) is 47.1. The quantitative estimate of drug-likeness (QED) is 0.771. The minimum Gasteiger partial charge on any atom is -0.496 e. The van der Waals surface area contributed by atoms with E-state index in [0.29, 0.717) is 29.8 Å². The summed E-state index contributed by atoms with van der Waals surface area (Å²) < 4.78 is 18.4. The standard InChI is InChI=1S/C18H32O3/c1-7-15-13(5)12(4)14(6)18(20-15)21-17-11(3)9-10-19-16(17)8-2/h9-18H,7-8H2,1-6H3/t11?,12?,13-,14?,15?,16?,17?,18?/m1/s1. The smallest absolute Gasteiger partial charge is 0.161 e. The summed E-state index contributed by atoms with van der Waals surface area (Å²) in [7, 11) is 0. The molecular weight excluding hydrogens is 264 g/mol. The van der Waals surface area contributed by atoms with E-state index in [-0.39, 0.29) is 18.5 Å². The van der Waals surface area contributed by atoms with Gasteiger partial charge in [0, 0.05) is 11.8 Å². The van der Waals surface area contributed by atoms with Crippen molar-refractivity contribution in [2.24, 2.45) is 23.7 Å². The van der Waals surface area contributed by atoms with Crippen molar-refractivity contribution in [2.75, 3.05) is 0 Å². The van der Waals surface area contributed by atoms with Crippen LogP contribution in [0.3, 0.4) is 0 Å². The van der Waals surface area contributed by atoms with Crippen LogP contribution in [0.15, 0.2) is 12.3 Å². The van der Waals surface area contributed by atoms with Crippen LogP contribution in [0, 0.1) is 23.7 Å². The van der Waals surface area contributed by atoms with Gasteiger partial charge in [-0.1, -0.05) is 41.5 Å². The molecule has 0 saturated carbocycles. The molecule has 122 valence electrons. The third-order valence-corrected chi connectivity index (χ3v) is 5.60. The number of rotatable bonds is 4. The molecule has 0 spiro atoms. The minimum atomic E-state index is -0.113. The first-order valence-corrected chi connectivity index (χ1v) is 8.62. The monoisotopic (exact) mass is 296 g/mol. The summed E-state index contributed by atoms with van der Waals surface area (Å²) in [5.74, 6) is 1.99. The lowest BCUT2D eigenvalue weighted by Crippen LogP contribution is -2.49. The highest BCUT2D eigenvalue weighted by molar-refractivity contribution is 4.95. The zero-order valence-corrected chi connectivity index (χ0v) is 14.4. The van der Waals surface area contributed by atoms with E-state index < -0.39 is 0 Å². The summed E-state index contributed by atoms with van der Waals surface area (Å²) in [6, 6.07) is 0. The molecule has 8 atom stereocenters. The summed E-state index contributed by atoms with van der Waals surface area (Å²) in [5, 5.41) is 0. The Labute approximate surface area is 130 Å². The Balaban J connectivity index is 2.08. The summed E-state index contributed by atoms with van der Waals surface area (Å²) in [6.45, 7) is 13.4. The maximum atomic E-state index is 6.41. The van der Waals surface area contributed by atoms with E-state index in [1.54, 1.807) is 0 Å². The van der Waals surface area contributed by atoms with Crippen molar-refractivity contribution in [3.05, 3.63) is 12.3 Å². The van der Waals surface area contributed by atoms with E-state index in [0.717, 1.165) is 12.8 Å². The molecule has 7 unspecified atom stereocenters. The second-order valence-electron chi connectivity index (χ2n) is 6.90. The zero-order chi connectivity index (χ0) is 15.6. The second-order valence-corrected chi connectivity index (χ2v) is 6.90. The van der Waals surface area contributed by atoms with Gasteiger partial charge in [0.2, 0.25) is 0 Å². The molecule has 2 rings (SSSR count). The minimum absolute atomic E-state index is 0.0885. The molecule has 0 amide bonds. The van der Waals surface area contributed by atoms with Crippen LogP contribution < -0.4 is 0 Å². The first-order valence-electron chi connectivity index (χ1n) is 8.62. The molecule has 3 nitrogen and oxygen atoms in total. The Morgan fingerprint density at radius 1 is 0.905 bits per heavy atom. The zero-order valence-electron chi connectivity index (χ0n) is 14.4. The lowest BCUT2D eigenvalue weighted by molar-refractivity contribution is -0.280. The van der Waals surface area contributed by atoms with Gasteiger partial charge < -0.3 is 14.2 Å². The van der Waals surface area contributed by atoms with Crippen LogP contribution in [-0.2, 0) is 14.2 Å². The van der Waals surface area contributed by atoms with Crippen molar-refractivity contribution in [3.63, 3.8) is 0 Å². The second kappa shape index (κ2) is 7.15. The predicted octanol–water partition coefficient (Wildman–Crippen LogP) is 4.37. The molecule has 1 saturated heterocycles. The SMILES string of the molecule is CCC1OC=CC(C)C1OC1OC(CC)[C@H](C)C(C)C1C. The highest BCUT2D eigenvalue weighted by Gasteiger charge is 2.42. The van der Waals surface area contributed by atoms with Crippen molar-refractivity contribution in [3.8, 4) is 0 Å². The molecule has 0 aromatic heterocycles. The largest absolute Gasteiger partial charge is 0.496 e. The van der Waals surface area contributed by atoms with E-state index in [1.165, 1.54) is 0 Å². The lowest BCUT2D eigenvalue weighted by atomic mass is 9.78. The molecule has 21 heavy (non-hydrogen) atoms. The predicted molar refractivity (Wildman–Crippen MR) is 84.8 cm³/mol. The molecule has 0 aliphatic carbocycles. The highest BCUT2D eigenvalue weighted by Crippen LogP contribution is 2.38. The molecule has 2 aliphatic heterocycles. The topological polar surface area (TPSA) is 27.7 Å².